The third-order valence-corrected chi connectivity index (χ3v) is 8.95. The van der Waals surface area contributed by atoms with Gasteiger partial charge in [-0.3, -0.25) is 9.59 Å². The third-order valence-electron chi connectivity index (χ3n) is 8.95. The lowest BCUT2D eigenvalue weighted by atomic mass is 9.51. The normalized spacial score (nSPS) is 57.3. The van der Waals surface area contributed by atoms with Gasteiger partial charge < -0.3 is 20.1 Å². The summed E-state index contributed by atoms with van der Waals surface area (Å²) in [7, 11) is 0. The number of carboxylic acid groups (broad SMARTS) is 1. The van der Waals surface area contributed by atoms with Crippen LogP contribution in [0.25, 0.3) is 0 Å². The highest BCUT2D eigenvalue weighted by Gasteiger charge is 2.81. The lowest BCUT2D eigenvalue weighted by Crippen LogP contribution is -2.59. The van der Waals surface area contributed by atoms with Crippen molar-refractivity contribution < 1.29 is 29.6 Å². The first kappa shape index (κ1) is 16.8. The first-order valence-corrected chi connectivity index (χ1v) is 9.61. The molecule has 5 rings (SSSR count). The quantitative estimate of drug-likeness (QED) is 0.482. The second kappa shape index (κ2) is 4.53. The molecule has 0 amide bonds. The van der Waals surface area contributed by atoms with Gasteiger partial charge in [0, 0.05) is 5.41 Å². The lowest BCUT2D eigenvalue weighted by Gasteiger charge is -2.56. The Labute approximate surface area is 152 Å². The van der Waals surface area contributed by atoms with Crippen LogP contribution in [-0.2, 0) is 14.3 Å². The maximum atomic E-state index is 12.7. The van der Waals surface area contributed by atoms with Gasteiger partial charge in [-0.2, -0.15) is 0 Å². The first-order chi connectivity index (χ1) is 12.1. The van der Waals surface area contributed by atoms with E-state index in [-0.39, 0.29) is 30.8 Å². The molecule has 142 valence electrons. The number of rotatable bonds is 1. The van der Waals surface area contributed by atoms with E-state index in [1.54, 1.807) is 0 Å². The summed E-state index contributed by atoms with van der Waals surface area (Å²) in [4.78, 5) is 25.2. The monoisotopic (exact) mass is 362 g/mol. The number of carbonyl (C=O) groups excluding carboxylic acids is 1. The number of carbonyl (C=O) groups is 2. The molecule has 4 aliphatic carbocycles. The molecular weight excluding hydrogens is 336 g/mol. The summed E-state index contributed by atoms with van der Waals surface area (Å²) in [5, 5.41) is 32.0. The SMILES string of the molecule is C=C1C[C@]23C[C@@]1(O)[C@@H](O)C[C@H]2[C@@]12CCC[C@@](C)(C(=O)OC1)[C@H]2[C@@H]3C(=O)O. The molecule has 0 aromatic carbocycles. The molecular formula is C20H26O6. The van der Waals surface area contributed by atoms with Crippen LogP contribution >= 0.6 is 0 Å². The van der Waals surface area contributed by atoms with E-state index in [1.807, 2.05) is 6.92 Å². The second-order valence-corrected chi connectivity index (χ2v) is 9.79. The molecule has 1 heterocycles. The second-order valence-electron chi connectivity index (χ2n) is 9.79. The number of esters is 1. The summed E-state index contributed by atoms with van der Waals surface area (Å²) in [5.41, 5.74) is -2.74. The van der Waals surface area contributed by atoms with Crippen molar-refractivity contribution in [2.75, 3.05) is 6.61 Å². The van der Waals surface area contributed by atoms with Gasteiger partial charge in [0.25, 0.3) is 0 Å². The molecule has 0 unspecified atom stereocenters. The van der Waals surface area contributed by atoms with Crippen LogP contribution in [0.15, 0.2) is 12.2 Å². The number of fused-ring (bicyclic) bond motifs is 1. The van der Waals surface area contributed by atoms with Gasteiger partial charge in [0.1, 0.15) is 5.60 Å². The fourth-order valence-corrected chi connectivity index (χ4v) is 8.13. The highest BCUT2D eigenvalue weighted by molar-refractivity contribution is 5.82. The van der Waals surface area contributed by atoms with Crippen LogP contribution in [0.4, 0.5) is 0 Å². The molecule has 8 atom stereocenters. The number of aliphatic carboxylic acids is 1. The van der Waals surface area contributed by atoms with Crippen LogP contribution in [-0.4, -0.2) is 45.6 Å². The van der Waals surface area contributed by atoms with Crippen molar-refractivity contribution in [1.29, 1.82) is 0 Å². The fourth-order valence-electron chi connectivity index (χ4n) is 8.13. The molecule has 0 radical (unpaired) electrons. The van der Waals surface area contributed by atoms with Gasteiger partial charge in [-0.1, -0.05) is 13.0 Å². The van der Waals surface area contributed by atoms with E-state index in [0.29, 0.717) is 24.8 Å². The predicted octanol–water partition coefficient (Wildman–Crippen LogP) is 1.50. The van der Waals surface area contributed by atoms with Crippen LogP contribution in [0.5, 0.6) is 0 Å². The summed E-state index contributed by atoms with van der Waals surface area (Å²) < 4.78 is 5.62. The zero-order chi connectivity index (χ0) is 18.7. The first-order valence-electron chi connectivity index (χ1n) is 9.61. The highest BCUT2D eigenvalue weighted by atomic mass is 16.5. The van der Waals surface area contributed by atoms with Crippen LogP contribution in [0.3, 0.4) is 0 Å². The largest absolute Gasteiger partial charge is 0.481 e. The van der Waals surface area contributed by atoms with Gasteiger partial charge in [-0.15, -0.1) is 0 Å². The smallest absolute Gasteiger partial charge is 0.312 e. The minimum absolute atomic E-state index is 0.0802. The van der Waals surface area contributed by atoms with Crippen molar-refractivity contribution in [3.05, 3.63) is 12.2 Å². The summed E-state index contributed by atoms with van der Waals surface area (Å²) in [6, 6.07) is 0. The maximum Gasteiger partial charge on any atom is 0.312 e. The van der Waals surface area contributed by atoms with E-state index in [0.717, 1.165) is 12.8 Å². The Morgan fingerprint density at radius 2 is 2.04 bits per heavy atom. The average molecular weight is 362 g/mol. The van der Waals surface area contributed by atoms with Crippen LogP contribution in [0, 0.1) is 34.0 Å². The molecule has 6 nitrogen and oxygen atoms in total. The van der Waals surface area contributed by atoms with Crippen molar-refractivity contribution in [2.24, 2.45) is 34.0 Å². The van der Waals surface area contributed by atoms with Crippen molar-refractivity contribution in [3.8, 4) is 0 Å². The molecule has 26 heavy (non-hydrogen) atoms. The van der Waals surface area contributed by atoms with Crippen LogP contribution in [0.2, 0.25) is 0 Å². The highest BCUT2D eigenvalue weighted by Crippen LogP contribution is 2.79. The zero-order valence-electron chi connectivity index (χ0n) is 15.0. The molecule has 4 saturated carbocycles. The van der Waals surface area contributed by atoms with Crippen molar-refractivity contribution >= 4 is 11.9 Å². The average Bonchev–Trinajstić information content (AvgIpc) is 2.94. The molecule has 3 N–H and O–H groups in total. The molecule has 6 heteroatoms. The lowest BCUT2D eigenvalue weighted by molar-refractivity contribution is -0.202. The Balaban J connectivity index is 1.77. The van der Waals surface area contributed by atoms with Crippen molar-refractivity contribution in [3.63, 3.8) is 0 Å². The molecule has 0 aromatic heterocycles. The summed E-state index contributed by atoms with van der Waals surface area (Å²) in [6.07, 6.45) is 2.36. The van der Waals surface area contributed by atoms with Gasteiger partial charge in [-0.25, -0.2) is 0 Å². The van der Waals surface area contributed by atoms with E-state index in [2.05, 4.69) is 6.58 Å². The number of hydrogen-bond donors (Lipinski definition) is 3. The number of carboxylic acids is 1. The Morgan fingerprint density at radius 1 is 1.31 bits per heavy atom. The Hall–Kier alpha value is -1.40. The molecule has 5 aliphatic rings. The number of aliphatic hydroxyl groups is 2. The molecule has 1 spiro atoms. The van der Waals surface area contributed by atoms with Gasteiger partial charge in [0.15, 0.2) is 0 Å². The van der Waals surface area contributed by atoms with Crippen molar-refractivity contribution in [2.45, 2.75) is 57.2 Å². The molecule has 4 bridgehead atoms. The molecule has 0 aromatic rings. The van der Waals surface area contributed by atoms with E-state index < -0.39 is 39.8 Å². The standard InChI is InChI=1S/C20H26O6/c1-10-7-19-8-20(10,25)12(21)6-11(19)18-5-3-4-17(2,16(24)26-9-18)14(18)13(19)15(22)23/h11-14,21,25H,1,3-9H2,2H3,(H,22,23)/t11-,12-,13+,14+,17+,18+,19-,20-/m0/s1. The minimum Gasteiger partial charge on any atom is -0.481 e. The number of aliphatic hydroxyl groups excluding tert-OH is 1. The van der Waals surface area contributed by atoms with Crippen molar-refractivity contribution in [1.82, 2.24) is 0 Å². The number of ether oxygens (including phenoxy) is 1. The summed E-state index contributed by atoms with van der Waals surface area (Å²) >= 11 is 0. The van der Waals surface area contributed by atoms with Gasteiger partial charge in [-0.05, 0) is 61.9 Å². The fraction of sp³-hybridized carbons (Fsp3) is 0.800. The van der Waals surface area contributed by atoms with Gasteiger partial charge >= 0.3 is 11.9 Å². The van der Waals surface area contributed by atoms with E-state index in [9.17, 15) is 24.9 Å². The Morgan fingerprint density at radius 3 is 2.73 bits per heavy atom. The van der Waals surface area contributed by atoms with E-state index in [1.165, 1.54) is 0 Å². The van der Waals surface area contributed by atoms with Crippen LogP contribution < -0.4 is 0 Å². The third kappa shape index (κ3) is 1.51. The molecule has 5 fully saturated rings. The summed E-state index contributed by atoms with van der Waals surface area (Å²) in [5.74, 6) is -2.29. The number of cyclic esters (lactones) is 1. The van der Waals surface area contributed by atoms with Crippen LogP contribution in [0.1, 0.15) is 45.4 Å². The Bertz CT molecular complexity index is 747. The predicted molar refractivity (Wildman–Crippen MR) is 89.8 cm³/mol. The van der Waals surface area contributed by atoms with E-state index >= 15 is 0 Å². The Kier molecular flexibility index (Phi) is 2.92. The maximum absolute atomic E-state index is 12.7. The van der Waals surface area contributed by atoms with Gasteiger partial charge in [0.05, 0.1) is 24.0 Å². The minimum atomic E-state index is -1.41. The van der Waals surface area contributed by atoms with E-state index in [4.69, 9.17) is 4.74 Å². The zero-order valence-corrected chi connectivity index (χ0v) is 15.0. The topological polar surface area (TPSA) is 104 Å². The summed E-state index contributed by atoms with van der Waals surface area (Å²) in [6.45, 7) is 6.10. The van der Waals surface area contributed by atoms with Gasteiger partial charge in [0.2, 0.25) is 0 Å². The number of hydrogen-bond acceptors (Lipinski definition) is 5. The molecule has 1 aliphatic heterocycles. The molecule has 1 saturated heterocycles.